The lowest BCUT2D eigenvalue weighted by atomic mass is 10.1. The van der Waals surface area contributed by atoms with Gasteiger partial charge in [0, 0.05) is 0 Å². The van der Waals surface area contributed by atoms with Gasteiger partial charge in [-0.25, -0.2) is 4.79 Å². The van der Waals surface area contributed by atoms with Crippen LogP contribution in [0.3, 0.4) is 0 Å². The first kappa shape index (κ1) is 11.3. The summed E-state index contributed by atoms with van der Waals surface area (Å²) in [5.74, 6) is 0.283. The maximum Gasteiger partial charge on any atom is 0.338 e. The maximum absolute atomic E-state index is 11.5. The number of hydrogen-bond acceptors (Lipinski definition) is 3. The van der Waals surface area contributed by atoms with Crippen LogP contribution in [-0.4, -0.2) is 20.2 Å². The molecule has 80 valence electrons. The number of ether oxygens (including phenoxy) is 2. The average molecular weight is 206 g/mol. The number of carbonyl (C=O) groups is 1. The van der Waals surface area contributed by atoms with Gasteiger partial charge in [-0.3, -0.25) is 0 Å². The van der Waals surface area contributed by atoms with Gasteiger partial charge in [-0.15, -0.1) is 0 Å². The number of allylic oxidation sites excluding steroid dienone is 1. The van der Waals surface area contributed by atoms with Crippen LogP contribution < -0.4 is 4.74 Å². The SMILES string of the molecule is C/C=C/c1ccc(OC)cc1C(=O)OC. The van der Waals surface area contributed by atoms with Crippen molar-refractivity contribution in [3.63, 3.8) is 0 Å². The van der Waals surface area contributed by atoms with E-state index in [2.05, 4.69) is 0 Å². The van der Waals surface area contributed by atoms with E-state index in [4.69, 9.17) is 9.47 Å². The van der Waals surface area contributed by atoms with Crippen LogP contribution in [0.15, 0.2) is 24.3 Å². The fourth-order valence-corrected chi connectivity index (χ4v) is 1.27. The molecule has 0 aliphatic carbocycles. The van der Waals surface area contributed by atoms with Crippen molar-refractivity contribution in [2.24, 2.45) is 0 Å². The van der Waals surface area contributed by atoms with E-state index in [1.807, 2.05) is 31.2 Å². The van der Waals surface area contributed by atoms with Crippen molar-refractivity contribution in [2.45, 2.75) is 6.92 Å². The molecule has 0 fully saturated rings. The van der Waals surface area contributed by atoms with Gasteiger partial charge in [-0.05, 0) is 24.6 Å². The lowest BCUT2D eigenvalue weighted by molar-refractivity contribution is 0.0600. The topological polar surface area (TPSA) is 35.5 Å². The number of benzene rings is 1. The molecule has 15 heavy (non-hydrogen) atoms. The highest BCUT2D eigenvalue weighted by Crippen LogP contribution is 2.19. The molecule has 0 amide bonds. The van der Waals surface area contributed by atoms with Gasteiger partial charge in [0.25, 0.3) is 0 Å². The molecule has 0 unspecified atom stereocenters. The van der Waals surface area contributed by atoms with Gasteiger partial charge in [0.15, 0.2) is 0 Å². The van der Waals surface area contributed by atoms with Gasteiger partial charge >= 0.3 is 5.97 Å². The fraction of sp³-hybridized carbons (Fsp3) is 0.250. The Morgan fingerprint density at radius 1 is 1.33 bits per heavy atom. The van der Waals surface area contributed by atoms with Crippen molar-refractivity contribution < 1.29 is 14.3 Å². The molecule has 0 saturated carbocycles. The van der Waals surface area contributed by atoms with Crippen LogP contribution >= 0.6 is 0 Å². The minimum atomic E-state index is -0.359. The van der Waals surface area contributed by atoms with E-state index in [0.29, 0.717) is 11.3 Å². The summed E-state index contributed by atoms with van der Waals surface area (Å²) in [6.07, 6.45) is 3.72. The first-order valence-electron chi connectivity index (χ1n) is 4.62. The predicted molar refractivity (Wildman–Crippen MR) is 59.0 cm³/mol. The van der Waals surface area contributed by atoms with Crippen LogP contribution in [0.2, 0.25) is 0 Å². The average Bonchev–Trinajstić information content (AvgIpc) is 2.29. The normalized spacial score (nSPS) is 10.3. The van der Waals surface area contributed by atoms with Gasteiger partial charge in [0.1, 0.15) is 5.75 Å². The van der Waals surface area contributed by atoms with Crippen LogP contribution in [0.25, 0.3) is 6.08 Å². The number of hydrogen-bond donors (Lipinski definition) is 0. The van der Waals surface area contributed by atoms with E-state index in [9.17, 15) is 4.79 Å². The third-order valence-electron chi connectivity index (χ3n) is 2.01. The summed E-state index contributed by atoms with van der Waals surface area (Å²) < 4.78 is 9.75. The molecule has 0 bridgehead atoms. The van der Waals surface area contributed by atoms with E-state index in [1.54, 1.807) is 13.2 Å². The molecule has 0 saturated heterocycles. The molecule has 1 rings (SSSR count). The quantitative estimate of drug-likeness (QED) is 0.713. The second-order valence-electron chi connectivity index (χ2n) is 2.94. The van der Waals surface area contributed by atoms with E-state index < -0.39 is 0 Å². The fourth-order valence-electron chi connectivity index (χ4n) is 1.27. The summed E-state index contributed by atoms with van der Waals surface area (Å²) in [5.41, 5.74) is 1.33. The summed E-state index contributed by atoms with van der Waals surface area (Å²) in [4.78, 5) is 11.5. The first-order chi connectivity index (χ1) is 7.22. The monoisotopic (exact) mass is 206 g/mol. The Labute approximate surface area is 89.3 Å². The Kier molecular flexibility index (Phi) is 3.92. The van der Waals surface area contributed by atoms with Crippen molar-refractivity contribution in [1.29, 1.82) is 0 Å². The van der Waals surface area contributed by atoms with E-state index in [0.717, 1.165) is 5.56 Å². The Bertz CT molecular complexity index is 380. The van der Waals surface area contributed by atoms with Crippen molar-refractivity contribution >= 4 is 12.0 Å². The number of methoxy groups -OCH3 is 2. The molecular formula is C12H14O3. The first-order valence-corrected chi connectivity index (χ1v) is 4.62. The minimum Gasteiger partial charge on any atom is -0.497 e. The molecule has 0 aliphatic rings. The second-order valence-corrected chi connectivity index (χ2v) is 2.94. The highest BCUT2D eigenvalue weighted by atomic mass is 16.5. The smallest absolute Gasteiger partial charge is 0.338 e. The highest BCUT2D eigenvalue weighted by molar-refractivity contribution is 5.94. The molecule has 1 aromatic carbocycles. The molecule has 3 heteroatoms. The van der Waals surface area contributed by atoms with E-state index >= 15 is 0 Å². The standard InChI is InChI=1S/C12H14O3/c1-4-5-9-6-7-10(14-2)8-11(9)12(13)15-3/h4-8H,1-3H3/b5-4+. The lowest BCUT2D eigenvalue weighted by Crippen LogP contribution is -2.04. The van der Waals surface area contributed by atoms with Gasteiger partial charge in [-0.2, -0.15) is 0 Å². The molecule has 3 nitrogen and oxygen atoms in total. The third kappa shape index (κ3) is 2.59. The van der Waals surface area contributed by atoms with Crippen molar-refractivity contribution in [3.05, 3.63) is 35.4 Å². The second kappa shape index (κ2) is 5.20. The minimum absolute atomic E-state index is 0.359. The molecule has 0 aliphatic heterocycles. The van der Waals surface area contributed by atoms with Crippen molar-refractivity contribution in [1.82, 2.24) is 0 Å². The van der Waals surface area contributed by atoms with Crippen molar-refractivity contribution in [2.75, 3.05) is 14.2 Å². The molecule has 1 aromatic rings. The third-order valence-corrected chi connectivity index (χ3v) is 2.01. The molecule has 0 aromatic heterocycles. The molecule has 0 atom stereocenters. The predicted octanol–water partition coefficient (Wildman–Crippen LogP) is 2.51. The molecule has 0 radical (unpaired) electrons. The summed E-state index contributed by atoms with van der Waals surface area (Å²) in [6, 6.07) is 5.30. The maximum atomic E-state index is 11.5. The Morgan fingerprint density at radius 2 is 2.07 bits per heavy atom. The zero-order valence-corrected chi connectivity index (χ0v) is 9.11. The van der Waals surface area contributed by atoms with Crippen LogP contribution in [-0.2, 0) is 4.74 Å². The Morgan fingerprint density at radius 3 is 2.60 bits per heavy atom. The summed E-state index contributed by atoms with van der Waals surface area (Å²) in [7, 11) is 2.92. The number of carbonyl (C=O) groups excluding carboxylic acids is 1. The van der Waals surface area contributed by atoms with Crippen LogP contribution in [0.4, 0.5) is 0 Å². The molecular weight excluding hydrogens is 192 g/mol. The lowest BCUT2D eigenvalue weighted by Gasteiger charge is -2.06. The van der Waals surface area contributed by atoms with Crippen LogP contribution in [0.1, 0.15) is 22.8 Å². The van der Waals surface area contributed by atoms with Crippen LogP contribution in [0, 0.1) is 0 Å². The van der Waals surface area contributed by atoms with Crippen LogP contribution in [0.5, 0.6) is 5.75 Å². The number of rotatable bonds is 3. The zero-order valence-electron chi connectivity index (χ0n) is 9.11. The van der Waals surface area contributed by atoms with Gasteiger partial charge in [-0.1, -0.05) is 18.2 Å². The number of esters is 1. The van der Waals surface area contributed by atoms with Gasteiger partial charge in [0.05, 0.1) is 19.8 Å². The summed E-state index contributed by atoms with van der Waals surface area (Å²) >= 11 is 0. The van der Waals surface area contributed by atoms with Crippen molar-refractivity contribution in [3.8, 4) is 5.75 Å². The van der Waals surface area contributed by atoms with Gasteiger partial charge < -0.3 is 9.47 Å². The zero-order chi connectivity index (χ0) is 11.3. The van der Waals surface area contributed by atoms with E-state index in [-0.39, 0.29) is 5.97 Å². The van der Waals surface area contributed by atoms with E-state index in [1.165, 1.54) is 7.11 Å². The molecule has 0 heterocycles. The summed E-state index contributed by atoms with van der Waals surface area (Å²) in [6.45, 7) is 1.89. The Hall–Kier alpha value is -1.77. The summed E-state index contributed by atoms with van der Waals surface area (Å²) in [5, 5.41) is 0. The largest absolute Gasteiger partial charge is 0.497 e. The van der Waals surface area contributed by atoms with Gasteiger partial charge in [0.2, 0.25) is 0 Å². The highest BCUT2D eigenvalue weighted by Gasteiger charge is 2.10. The molecule has 0 N–H and O–H groups in total. The Balaban J connectivity index is 3.22. The molecule has 0 spiro atoms.